The second-order valence-electron chi connectivity index (χ2n) is 5.97. The SMILES string of the molecule is Cc1ccc(N(C)S(=O)(=O)c2cc(-c3cc(C(F)(F)F)on3)cs2)cc1C. The predicted octanol–water partition coefficient (Wildman–Crippen LogP) is 4.86. The maximum Gasteiger partial charge on any atom is 0.452 e. The molecule has 10 heteroatoms. The van der Waals surface area contributed by atoms with Gasteiger partial charge in [0.15, 0.2) is 0 Å². The predicted molar refractivity (Wildman–Crippen MR) is 96.3 cm³/mol. The van der Waals surface area contributed by atoms with Crippen LogP contribution in [0.15, 0.2) is 44.4 Å². The van der Waals surface area contributed by atoms with Gasteiger partial charge in [0.25, 0.3) is 10.0 Å². The second-order valence-corrected chi connectivity index (χ2v) is 9.08. The maximum absolute atomic E-state index is 12.9. The Morgan fingerprint density at radius 1 is 1.11 bits per heavy atom. The van der Waals surface area contributed by atoms with Gasteiger partial charge >= 0.3 is 6.18 Å². The van der Waals surface area contributed by atoms with E-state index in [0.717, 1.165) is 32.8 Å². The molecule has 0 fully saturated rings. The quantitative estimate of drug-likeness (QED) is 0.609. The van der Waals surface area contributed by atoms with E-state index in [0.29, 0.717) is 5.69 Å². The number of rotatable bonds is 4. The zero-order valence-electron chi connectivity index (χ0n) is 14.5. The van der Waals surface area contributed by atoms with Gasteiger partial charge < -0.3 is 4.52 Å². The van der Waals surface area contributed by atoms with Crippen molar-refractivity contribution in [2.75, 3.05) is 11.4 Å². The molecule has 27 heavy (non-hydrogen) atoms. The molecule has 0 amide bonds. The number of sulfonamides is 1. The molecule has 5 nitrogen and oxygen atoms in total. The molecule has 0 radical (unpaired) electrons. The summed E-state index contributed by atoms with van der Waals surface area (Å²) in [5.41, 5.74) is 2.65. The third-order valence-corrected chi connectivity index (χ3v) is 7.33. The number of hydrogen-bond acceptors (Lipinski definition) is 5. The smallest absolute Gasteiger partial charge is 0.351 e. The largest absolute Gasteiger partial charge is 0.452 e. The molecule has 0 N–H and O–H groups in total. The lowest BCUT2D eigenvalue weighted by atomic mass is 10.1. The van der Waals surface area contributed by atoms with Gasteiger partial charge in [0, 0.05) is 24.1 Å². The van der Waals surface area contributed by atoms with Crippen molar-refractivity contribution in [3.05, 3.63) is 52.6 Å². The molecule has 0 atom stereocenters. The maximum atomic E-state index is 12.9. The molecule has 0 aliphatic carbocycles. The first-order valence-corrected chi connectivity index (χ1v) is 10.0. The van der Waals surface area contributed by atoms with Gasteiger partial charge in [-0.15, -0.1) is 11.3 Å². The van der Waals surface area contributed by atoms with Crippen molar-refractivity contribution in [3.8, 4) is 11.3 Å². The van der Waals surface area contributed by atoms with Crippen molar-refractivity contribution >= 4 is 27.0 Å². The number of hydrogen-bond donors (Lipinski definition) is 0. The Bertz CT molecular complexity index is 1090. The van der Waals surface area contributed by atoms with E-state index in [-0.39, 0.29) is 15.5 Å². The van der Waals surface area contributed by atoms with Crippen LogP contribution in [0, 0.1) is 13.8 Å². The van der Waals surface area contributed by atoms with Crippen molar-refractivity contribution in [1.29, 1.82) is 0 Å². The third kappa shape index (κ3) is 3.72. The van der Waals surface area contributed by atoms with Crippen LogP contribution in [0.4, 0.5) is 18.9 Å². The van der Waals surface area contributed by atoms with Crippen molar-refractivity contribution in [3.63, 3.8) is 0 Å². The highest BCUT2D eigenvalue weighted by molar-refractivity contribution is 7.94. The van der Waals surface area contributed by atoms with Crippen LogP contribution in [0.3, 0.4) is 0 Å². The first kappa shape index (κ1) is 19.4. The fraction of sp³-hybridized carbons (Fsp3) is 0.235. The molecule has 0 saturated carbocycles. The highest BCUT2D eigenvalue weighted by atomic mass is 32.2. The van der Waals surface area contributed by atoms with Gasteiger partial charge in [-0.3, -0.25) is 4.31 Å². The molecule has 2 heterocycles. The Kier molecular flexibility index (Phi) is 4.81. The van der Waals surface area contributed by atoms with E-state index in [1.807, 2.05) is 19.9 Å². The Morgan fingerprint density at radius 2 is 1.81 bits per heavy atom. The summed E-state index contributed by atoms with van der Waals surface area (Å²) in [5, 5.41) is 4.81. The number of anilines is 1. The van der Waals surface area contributed by atoms with Gasteiger partial charge in [0.2, 0.25) is 5.76 Å². The van der Waals surface area contributed by atoms with E-state index < -0.39 is 22.0 Å². The van der Waals surface area contributed by atoms with E-state index in [1.165, 1.54) is 18.5 Å². The summed E-state index contributed by atoms with van der Waals surface area (Å²) < 4.78 is 69.0. The normalized spacial score (nSPS) is 12.4. The van der Waals surface area contributed by atoms with Gasteiger partial charge in [-0.2, -0.15) is 13.2 Å². The number of benzene rings is 1. The average Bonchev–Trinajstić information content (AvgIpc) is 3.25. The Labute approximate surface area is 158 Å². The van der Waals surface area contributed by atoms with Crippen LogP contribution < -0.4 is 4.31 Å². The van der Waals surface area contributed by atoms with Crippen molar-refractivity contribution < 1.29 is 26.1 Å². The van der Waals surface area contributed by atoms with Crippen LogP contribution in [0.1, 0.15) is 16.9 Å². The first-order chi connectivity index (χ1) is 12.5. The molecule has 0 aliphatic rings. The number of nitrogens with zero attached hydrogens (tertiary/aromatic N) is 2. The number of aromatic nitrogens is 1. The lowest BCUT2D eigenvalue weighted by molar-refractivity contribution is -0.155. The molecule has 3 aromatic rings. The van der Waals surface area contributed by atoms with E-state index >= 15 is 0 Å². The van der Waals surface area contributed by atoms with Crippen LogP contribution in [-0.2, 0) is 16.2 Å². The fourth-order valence-corrected chi connectivity index (χ4v) is 4.86. The lowest BCUT2D eigenvalue weighted by Crippen LogP contribution is -2.25. The van der Waals surface area contributed by atoms with Gasteiger partial charge in [0.1, 0.15) is 9.90 Å². The summed E-state index contributed by atoms with van der Waals surface area (Å²) in [6.07, 6.45) is -4.65. The Balaban J connectivity index is 1.92. The Morgan fingerprint density at radius 3 is 2.41 bits per heavy atom. The first-order valence-electron chi connectivity index (χ1n) is 7.69. The topological polar surface area (TPSA) is 63.4 Å². The zero-order chi connectivity index (χ0) is 20.0. The average molecular weight is 416 g/mol. The summed E-state index contributed by atoms with van der Waals surface area (Å²) >= 11 is 0.906. The Hall–Kier alpha value is -2.33. The van der Waals surface area contributed by atoms with Crippen molar-refractivity contribution in [2.24, 2.45) is 0 Å². The molecular formula is C17H15F3N2O3S2. The van der Waals surface area contributed by atoms with E-state index in [2.05, 4.69) is 9.68 Å². The number of halogens is 3. The van der Waals surface area contributed by atoms with Gasteiger partial charge in [-0.25, -0.2) is 8.42 Å². The third-order valence-electron chi connectivity index (χ3n) is 4.13. The molecule has 0 bridgehead atoms. The fourth-order valence-electron chi connectivity index (χ4n) is 2.33. The van der Waals surface area contributed by atoms with Crippen LogP contribution in [0.2, 0.25) is 0 Å². The van der Waals surface area contributed by atoms with Crippen LogP contribution in [0.5, 0.6) is 0 Å². The molecule has 0 unspecified atom stereocenters. The monoisotopic (exact) mass is 416 g/mol. The molecular weight excluding hydrogens is 401 g/mol. The molecule has 3 rings (SSSR count). The van der Waals surface area contributed by atoms with E-state index in [1.54, 1.807) is 12.1 Å². The molecule has 0 aliphatic heterocycles. The lowest BCUT2D eigenvalue weighted by Gasteiger charge is -2.19. The van der Waals surface area contributed by atoms with Crippen LogP contribution in [-0.4, -0.2) is 20.6 Å². The van der Waals surface area contributed by atoms with Crippen LogP contribution in [0.25, 0.3) is 11.3 Å². The summed E-state index contributed by atoms with van der Waals surface area (Å²) in [4.78, 5) is 0. The van der Waals surface area contributed by atoms with Gasteiger partial charge in [-0.1, -0.05) is 11.2 Å². The van der Waals surface area contributed by atoms with Crippen molar-refractivity contribution in [2.45, 2.75) is 24.2 Å². The van der Waals surface area contributed by atoms with Crippen LogP contribution >= 0.6 is 11.3 Å². The minimum absolute atomic E-state index is 0.00483. The zero-order valence-corrected chi connectivity index (χ0v) is 16.2. The summed E-state index contributed by atoms with van der Waals surface area (Å²) in [6, 6.07) is 7.31. The summed E-state index contributed by atoms with van der Waals surface area (Å²) in [6.45, 7) is 3.80. The summed E-state index contributed by atoms with van der Waals surface area (Å²) in [5.74, 6) is -1.24. The number of aryl methyl sites for hydroxylation is 2. The molecule has 144 valence electrons. The standard InChI is InChI=1S/C17H15F3N2O3S2/c1-10-4-5-13(6-11(10)2)22(3)27(23,24)16-7-12(9-26-16)14-8-15(25-21-14)17(18,19)20/h4-9H,1-3H3. The molecule has 0 spiro atoms. The second kappa shape index (κ2) is 6.68. The highest BCUT2D eigenvalue weighted by Gasteiger charge is 2.36. The number of alkyl halides is 3. The molecule has 2 aromatic heterocycles. The van der Waals surface area contributed by atoms with E-state index in [4.69, 9.17) is 0 Å². The minimum atomic E-state index is -4.65. The highest BCUT2D eigenvalue weighted by Crippen LogP contribution is 2.35. The number of thiophene rings is 1. The molecule has 0 saturated heterocycles. The van der Waals surface area contributed by atoms with E-state index in [9.17, 15) is 21.6 Å². The molecule has 1 aromatic carbocycles. The van der Waals surface area contributed by atoms with Gasteiger partial charge in [0.05, 0.1) is 5.69 Å². The van der Waals surface area contributed by atoms with Crippen molar-refractivity contribution in [1.82, 2.24) is 5.16 Å². The summed E-state index contributed by atoms with van der Waals surface area (Å²) in [7, 11) is -2.43. The van der Waals surface area contributed by atoms with Gasteiger partial charge in [-0.05, 0) is 43.2 Å². The minimum Gasteiger partial charge on any atom is -0.351 e.